The predicted octanol–water partition coefficient (Wildman–Crippen LogP) is 2.89. The van der Waals surface area contributed by atoms with Crippen molar-refractivity contribution in [3.8, 4) is 18.9 Å². The van der Waals surface area contributed by atoms with E-state index in [-0.39, 0.29) is 5.75 Å². The molecule has 18 heavy (non-hydrogen) atoms. The van der Waals surface area contributed by atoms with Crippen molar-refractivity contribution in [2.24, 2.45) is 5.10 Å². The molecule has 0 spiro atoms. The highest BCUT2D eigenvalue weighted by molar-refractivity contribution is 5.47. The highest BCUT2D eigenvalue weighted by atomic mass is 19.4. The summed E-state index contributed by atoms with van der Waals surface area (Å²) in [6.45, 7) is 10.2. The van der Waals surface area contributed by atoms with Crippen LogP contribution in [-0.2, 0) is 0 Å². The van der Waals surface area contributed by atoms with Crippen LogP contribution in [0.3, 0.4) is 0 Å². The van der Waals surface area contributed by atoms with Gasteiger partial charge in [0.2, 0.25) is 0 Å². The van der Waals surface area contributed by atoms with Gasteiger partial charge in [-0.1, -0.05) is 0 Å². The zero-order valence-corrected chi connectivity index (χ0v) is 9.05. The second-order valence-electron chi connectivity index (χ2n) is 2.34. The number of alkyl halides is 3. The summed E-state index contributed by atoms with van der Waals surface area (Å²) >= 11 is 0. The van der Waals surface area contributed by atoms with E-state index in [9.17, 15) is 13.2 Å². The number of anilines is 1. The maximum Gasteiger partial charge on any atom is 0.573 e. The van der Waals surface area contributed by atoms with Crippen molar-refractivity contribution in [3.05, 3.63) is 24.3 Å². The van der Waals surface area contributed by atoms with E-state index >= 15 is 0 Å². The molecule has 0 radical (unpaired) electrons. The molecular weight excluding hydrogens is 249 g/mol. The van der Waals surface area contributed by atoms with Gasteiger partial charge in [0, 0.05) is 19.9 Å². The number of nitriles is 2. The van der Waals surface area contributed by atoms with Crippen LogP contribution in [0.5, 0.6) is 5.75 Å². The van der Waals surface area contributed by atoms with Crippen molar-refractivity contribution in [2.45, 2.75) is 6.36 Å². The van der Waals surface area contributed by atoms with Crippen molar-refractivity contribution >= 4 is 12.4 Å². The Kier molecular flexibility index (Phi) is 9.30. The van der Waals surface area contributed by atoms with Gasteiger partial charge in [0.15, 0.2) is 0 Å². The third kappa shape index (κ3) is 8.56. The number of nitrogens with zero attached hydrogens (tertiary/aromatic N) is 3. The molecule has 0 aliphatic heterocycles. The zero-order valence-electron chi connectivity index (χ0n) is 9.05. The number of hydrazone groups is 1. The van der Waals surface area contributed by atoms with Crippen molar-refractivity contribution in [2.75, 3.05) is 5.43 Å². The van der Waals surface area contributed by atoms with E-state index in [1.807, 2.05) is 0 Å². The minimum Gasteiger partial charge on any atom is -0.406 e. The molecule has 0 amide bonds. The van der Waals surface area contributed by atoms with E-state index in [4.69, 9.17) is 10.5 Å². The second kappa shape index (κ2) is 9.48. The topological polar surface area (TPSA) is 81.2 Å². The summed E-state index contributed by atoms with van der Waals surface area (Å²) in [5, 5.41) is 16.3. The molecule has 5 nitrogen and oxygen atoms in total. The second-order valence-corrected chi connectivity index (χ2v) is 2.34. The lowest BCUT2D eigenvalue weighted by atomic mass is 10.3. The number of rotatable bonds is 3. The molecule has 1 aromatic carbocycles. The third-order valence-electron chi connectivity index (χ3n) is 1.30. The molecule has 0 unspecified atom stereocenters. The van der Waals surface area contributed by atoms with Crippen LogP contribution >= 0.6 is 0 Å². The number of hydrogen-bond acceptors (Lipinski definition) is 5. The lowest BCUT2D eigenvalue weighted by Crippen LogP contribution is -2.16. The Morgan fingerprint density at radius 1 is 1.11 bits per heavy atom. The van der Waals surface area contributed by atoms with E-state index in [1.165, 1.54) is 24.3 Å². The first-order valence-electron chi connectivity index (χ1n) is 4.10. The summed E-state index contributed by atoms with van der Waals surface area (Å²) in [6, 6.07) is 5.16. The fraction of sp³-hybridized carbons (Fsp3) is 0.100. The SMILES string of the molecule is C#N.C#N.C=NNc1ccc(OC(F)(F)F)cc1. The largest absolute Gasteiger partial charge is 0.573 e. The Labute approximate surface area is 102 Å². The van der Waals surface area contributed by atoms with Gasteiger partial charge in [-0.25, -0.2) is 10.5 Å². The standard InChI is InChI=1S/C8H7F3N2O.2CHN/c1-12-13-6-2-4-7(5-3-6)14-8(9,10)11;2*1-2/h2-5,13H,1H2;2*1H. The van der Waals surface area contributed by atoms with Gasteiger partial charge in [0.1, 0.15) is 5.75 Å². The molecule has 0 heterocycles. The molecule has 1 N–H and O–H groups in total. The van der Waals surface area contributed by atoms with E-state index < -0.39 is 6.36 Å². The van der Waals surface area contributed by atoms with Crippen molar-refractivity contribution in [1.29, 1.82) is 10.5 Å². The van der Waals surface area contributed by atoms with Crippen LogP contribution in [0.4, 0.5) is 18.9 Å². The summed E-state index contributed by atoms with van der Waals surface area (Å²) in [7, 11) is 0. The van der Waals surface area contributed by atoms with Crippen LogP contribution < -0.4 is 10.2 Å². The smallest absolute Gasteiger partial charge is 0.406 e. The lowest BCUT2D eigenvalue weighted by Gasteiger charge is -2.08. The normalized spacial score (nSPS) is 8.61. The van der Waals surface area contributed by atoms with E-state index in [1.54, 1.807) is 0 Å². The Bertz CT molecular complexity index is 378. The monoisotopic (exact) mass is 258 g/mol. The van der Waals surface area contributed by atoms with E-state index in [0.717, 1.165) is 0 Å². The van der Waals surface area contributed by atoms with Crippen LogP contribution in [0, 0.1) is 23.7 Å². The summed E-state index contributed by atoms with van der Waals surface area (Å²) in [6.07, 6.45) is -4.66. The van der Waals surface area contributed by atoms with Gasteiger partial charge < -0.3 is 4.74 Å². The average Bonchev–Trinajstić information content (AvgIpc) is 2.35. The van der Waals surface area contributed by atoms with Gasteiger partial charge in [0.05, 0.1) is 5.69 Å². The summed E-state index contributed by atoms with van der Waals surface area (Å²) in [5.74, 6) is -0.271. The average molecular weight is 258 g/mol. The molecule has 1 aromatic rings. The molecule has 0 aromatic heterocycles. The van der Waals surface area contributed by atoms with Crippen LogP contribution in [0.25, 0.3) is 0 Å². The van der Waals surface area contributed by atoms with Crippen molar-refractivity contribution < 1.29 is 17.9 Å². The first-order chi connectivity index (χ1) is 8.51. The molecule has 0 aliphatic carbocycles. The number of ether oxygens (including phenoxy) is 1. The molecule has 0 atom stereocenters. The molecule has 96 valence electrons. The van der Waals surface area contributed by atoms with Gasteiger partial charge in [-0.05, 0) is 24.3 Å². The predicted molar refractivity (Wildman–Crippen MR) is 59.6 cm³/mol. The van der Waals surface area contributed by atoms with E-state index in [2.05, 4.69) is 35.1 Å². The highest BCUT2D eigenvalue weighted by Gasteiger charge is 2.30. The fourth-order valence-corrected chi connectivity index (χ4v) is 0.822. The highest BCUT2D eigenvalue weighted by Crippen LogP contribution is 2.23. The van der Waals surface area contributed by atoms with E-state index in [0.29, 0.717) is 5.69 Å². The molecule has 0 aliphatic rings. The number of nitrogens with one attached hydrogen (secondary N) is 1. The van der Waals surface area contributed by atoms with Gasteiger partial charge in [-0.15, -0.1) is 13.2 Å². The van der Waals surface area contributed by atoms with Crippen LogP contribution in [-0.4, -0.2) is 13.1 Å². The number of benzene rings is 1. The zero-order chi connectivity index (χ0) is 14.6. The number of hydrogen-bond donors (Lipinski definition) is 1. The lowest BCUT2D eigenvalue weighted by molar-refractivity contribution is -0.274. The first kappa shape index (κ1) is 17.6. The van der Waals surface area contributed by atoms with Gasteiger partial charge in [0.25, 0.3) is 0 Å². The Morgan fingerprint density at radius 2 is 1.56 bits per heavy atom. The molecule has 0 fully saturated rings. The first-order valence-corrected chi connectivity index (χ1v) is 4.10. The Hall–Kier alpha value is -2.74. The maximum absolute atomic E-state index is 11.7. The minimum absolute atomic E-state index is 0.271. The number of halogens is 3. The molecule has 8 heteroatoms. The summed E-state index contributed by atoms with van der Waals surface area (Å²) in [5.41, 5.74) is 3.01. The summed E-state index contributed by atoms with van der Waals surface area (Å²) < 4.78 is 38.8. The molecule has 0 saturated heterocycles. The summed E-state index contributed by atoms with van der Waals surface area (Å²) in [4.78, 5) is 0. The van der Waals surface area contributed by atoms with Gasteiger partial charge in [-0.2, -0.15) is 5.10 Å². The van der Waals surface area contributed by atoms with Crippen molar-refractivity contribution in [1.82, 2.24) is 0 Å². The molecule has 0 saturated carbocycles. The molecule has 1 rings (SSSR count). The van der Waals surface area contributed by atoms with Gasteiger partial charge in [-0.3, -0.25) is 5.43 Å². The Balaban J connectivity index is 0. The van der Waals surface area contributed by atoms with Crippen LogP contribution in [0.1, 0.15) is 0 Å². The third-order valence-corrected chi connectivity index (χ3v) is 1.30. The van der Waals surface area contributed by atoms with Crippen LogP contribution in [0.15, 0.2) is 29.4 Å². The maximum atomic E-state index is 11.7. The van der Waals surface area contributed by atoms with Crippen molar-refractivity contribution in [3.63, 3.8) is 0 Å². The van der Waals surface area contributed by atoms with Crippen LogP contribution in [0.2, 0.25) is 0 Å². The Morgan fingerprint density at radius 3 is 1.89 bits per heavy atom. The quantitative estimate of drug-likeness (QED) is 0.667. The van der Waals surface area contributed by atoms with Gasteiger partial charge >= 0.3 is 6.36 Å². The fourth-order valence-electron chi connectivity index (χ4n) is 0.822. The molecule has 0 bridgehead atoms. The minimum atomic E-state index is -4.66. The molecular formula is C10H9F3N4O.